The maximum absolute atomic E-state index is 13.6. The van der Waals surface area contributed by atoms with Crippen molar-refractivity contribution in [3.63, 3.8) is 0 Å². The lowest BCUT2D eigenvalue weighted by Gasteiger charge is -2.42. The Hall–Kier alpha value is -1.89. The molecule has 1 aromatic rings. The molecule has 7 heteroatoms. The molecule has 3 heterocycles. The van der Waals surface area contributed by atoms with Crippen LogP contribution < -0.4 is 5.32 Å². The van der Waals surface area contributed by atoms with Gasteiger partial charge in [0.1, 0.15) is 5.54 Å². The zero-order valence-electron chi connectivity index (χ0n) is 18.8. The van der Waals surface area contributed by atoms with Gasteiger partial charge in [-0.2, -0.15) is 0 Å². The first kappa shape index (κ1) is 22.3. The molecule has 3 aliphatic rings. The fourth-order valence-electron chi connectivity index (χ4n) is 5.77. The van der Waals surface area contributed by atoms with Gasteiger partial charge in [0.25, 0.3) is 5.91 Å². The van der Waals surface area contributed by atoms with Gasteiger partial charge in [-0.15, -0.1) is 11.3 Å². The molecular formula is C24H35N3O3S. The summed E-state index contributed by atoms with van der Waals surface area (Å²) >= 11 is 1.56. The first-order valence-corrected chi connectivity index (χ1v) is 12.7. The number of hydrogen-bond acceptors (Lipinski definition) is 4. The van der Waals surface area contributed by atoms with Crippen molar-refractivity contribution in [2.45, 2.75) is 77.3 Å². The zero-order valence-corrected chi connectivity index (χ0v) is 19.6. The number of amides is 4. The molecule has 0 radical (unpaired) electrons. The summed E-state index contributed by atoms with van der Waals surface area (Å²) < 4.78 is 0. The highest BCUT2D eigenvalue weighted by Crippen LogP contribution is 2.39. The van der Waals surface area contributed by atoms with Gasteiger partial charge in [0.15, 0.2) is 0 Å². The van der Waals surface area contributed by atoms with Crippen molar-refractivity contribution >= 4 is 29.2 Å². The molecule has 0 spiro atoms. The third-order valence-corrected chi connectivity index (χ3v) is 8.15. The van der Waals surface area contributed by atoms with Crippen molar-refractivity contribution in [2.75, 3.05) is 13.1 Å². The molecule has 1 atom stereocenters. The summed E-state index contributed by atoms with van der Waals surface area (Å²) in [7, 11) is 0. The molecule has 3 fully saturated rings. The van der Waals surface area contributed by atoms with E-state index >= 15 is 0 Å². The van der Waals surface area contributed by atoms with Gasteiger partial charge < -0.3 is 10.2 Å². The molecule has 1 unspecified atom stereocenters. The molecule has 1 N–H and O–H groups in total. The smallest absolute Gasteiger partial charge is 0.325 e. The van der Waals surface area contributed by atoms with Crippen LogP contribution in [0.1, 0.15) is 70.1 Å². The van der Waals surface area contributed by atoms with Gasteiger partial charge in [0, 0.05) is 23.9 Å². The highest BCUT2D eigenvalue weighted by Gasteiger charge is 2.56. The van der Waals surface area contributed by atoms with Crippen LogP contribution in [-0.2, 0) is 16.1 Å². The lowest BCUT2D eigenvalue weighted by Crippen LogP contribution is -2.57. The predicted molar refractivity (Wildman–Crippen MR) is 121 cm³/mol. The number of piperidine rings is 1. The molecule has 2 aliphatic heterocycles. The Balaban J connectivity index is 1.46. The Morgan fingerprint density at radius 3 is 2.48 bits per heavy atom. The Bertz CT molecular complexity index is 795. The summed E-state index contributed by atoms with van der Waals surface area (Å²) in [6.07, 6.45) is 7.77. The fraction of sp³-hybridized carbons (Fsp3) is 0.708. The van der Waals surface area contributed by atoms with Gasteiger partial charge in [0.2, 0.25) is 5.91 Å². The Labute approximate surface area is 189 Å². The van der Waals surface area contributed by atoms with Crippen LogP contribution in [0.4, 0.5) is 4.79 Å². The number of carbonyl (C=O) groups excluding carboxylic acids is 3. The van der Waals surface area contributed by atoms with Crippen LogP contribution in [0.2, 0.25) is 0 Å². The van der Waals surface area contributed by atoms with Crippen molar-refractivity contribution < 1.29 is 14.4 Å². The highest BCUT2D eigenvalue weighted by molar-refractivity contribution is 7.09. The maximum Gasteiger partial charge on any atom is 0.325 e. The van der Waals surface area contributed by atoms with E-state index < -0.39 is 5.54 Å². The van der Waals surface area contributed by atoms with Crippen molar-refractivity contribution in [1.29, 1.82) is 0 Å². The van der Waals surface area contributed by atoms with E-state index in [0.717, 1.165) is 43.4 Å². The minimum Gasteiger partial charge on any atom is -0.342 e. The molecule has 4 amide bonds. The minimum atomic E-state index is -0.845. The molecular weight excluding hydrogens is 410 g/mol. The molecule has 31 heavy (non-hydrogen) atoms. The summed E-state index contributed by atoms with van der Waals surface area (Å²) in [5.41, 5.74) is -0.845. The van der Waals surface area contributed by atoms with Crippen molar-refractivity contribution in [3.8, 4) is 0 Å². The summed E-state index contributed by atoms with van der Waals surface area (Å²) in [6, 6.07) is 3.63. The number of likely N-dealkylation sites (tertiary alicyclic amines) is 1. The summed E-state index contributed by atoms with van der Waals surface area (Å²) in [5.74, 6) is 0.751. The lowest BCUT2D eigenvalue weighted by atomic mass is 9.73. The van der Waals surface area contributed by atoms with E-state index in [4.69, 9.17) is 0 Å². The van der Waals surface area contributed by atoms with Gasteiger partial charge >= 0.3 is 6.03 Å². The van der Waals surface area contributed by atoms with Crippen LogP contribution in [0.25, 0.3) is 0 Å². The van der Waals surface area contributed by atoms with Gasteiger partial charge in [-0.1, -0.05) is 39.2 Å². The van der Waals surface area contributed by atoms with Crippen molar-refractivity contribution in [1.82, 2.24) is 15.1 Å². The molecule has 4 rings (SSSR count). The van der Waals surface area contributed by atoms with E-state index in [1.165, 1.54) is 11.3 Å². The number of carbonyl (C=O) groups is 3. The lowest BCUT2D eigenvalue weighted by molar-refractivity contribution is -0.140. The number of rotatable bonds is 6. The molecule has 1 aliphatic carbocycles. The summed E-state index contributed by atoms with van der Waals surface area (Å²) in [5, 5.41) is 5.09. The van der Waals surface area contributed by atoms with E-state index in [1.54, 1.807) is 11.3 Å². The van der Waals surface area contributed by atoms with E-state index in [0.29, 0.717) is 32.0 Å². The van der Waals surface area contributed by atoms with Crippen molar-refractivity contribution in [3.05, 3.63) is 22.4 Å². The first-order chi connectivity index (χ1) is 14.9. The molecule has 170 valence electrons. The second kappa shape index (κ2) is 9.31. The number of urea groups is 1. The Morgan fingerprint density at radius 1 is 1.16 bits per heavy atom. The Morgan fingerprint density at radius 2 is 1.87 bits per heavy atom. The predicted octanol–water partition coefficient (Wildman–Crippen LogP) is 4.40. The molecule has 2 saturated heterocycles. The van der Waals surface area contributed by atoms with Crippen LogP contribution in [0.5, 0.6) is 0 Å². The van der Waals surface area contributed by atoms with Crippen molar-refractivity contribution in [2.24, 2.45) is 17.8 Å². The monoisotopic (exact) mass is 445 g/mol. The Kier molecular flexibility index (Phi) is 6.70. The second-order valence-electron chi connectivity index (χ2n) is 9.90. The van der Waals surface area contributed by atoms with Crippen LogP contribution >= 0.6 is 11.3 Å². The molecule has 6 nitrogen and oxygen atoms in total. The van der Waals surface area contributed by atoms with Crippen LogP contribution in [-0.4, -0.2) is 46.3 Å². The number of nitrogens with one attached hydrogen (secondary N) is 1. The standard InChI is InChI=1S/C24H35N3O3S/c1-17(2)15-24(22(29)27(23(30)25-24)16-20-9-6-14-31-20)19-10-12-26(13-11-19)21(28)18-7-4-3-5-8-18/h6,9,14,17-19H,3-5,7-8,10-13,15-16H2,1-2H3,(H,25,30). The van der Waals surface area contributed by atoms with Crippen LogP contribution in [0.15, 0.2) is 17.5 Å². The third-order valence-electron chi connectivity index (χ3n) is 7.28. The van der Waals surface area contributed by atoms with Crippen LogP contribution in [0.3, 0.4) is 0 Å². The quantitative estimate of drug-likeness (QED) is 0.660. The number of imide groups is 1. The van der Waals surface area contributed by atoms with Gasteiger partial charge in [-0.3, -0.25) is 14.5 Å². The summed E-state index contributed by atoms with van der Waals surface area (Å²) in [4.78, 5) is 43.9. The van der Waals surface area contributed by atoms with Gasteiger partial charge in [0.05, 0.1) is 6.54 Å². The molecule has 1 saturated carbocycles. The summed E-state index contributed by atoms with van der Waals surface area (Å²) in [6.45, 7) is 5.92. The highest BCUT2D eigenvalue weighted by atomic mass is 32.1. The topological polar surface area (TPSA) is 69.7 Å². The number of nitrogens with zero attached hydrogens (tertiary/aromatic N) is 2. The van der Waals surface area contributed by atoms with E-state index in [-0.39, 0.29) is 29.7 Å². The number of hydrogen-bond donors (Lipinski definition) is 1. The fourth-order valence-corrected chi connectivity index (χ4v) is 6.47. The second-order valence-corrected chi connectivity index (χ2v) is 10.9. The first-order valence-electron chi connectivity index (χ1n) is 11.9. The maximum atomic E-state index is 13.6. The minimum absolute atomic E-state index is 0.0649. The van der Waals surface area contributed by atoms with E-state index in [9.17, 15) is 14.4 Å². The molecule has 1 aromatic heterocycles. The van der Waals surface area contributed by atoms with Gasteiger partial charge in [-0.25, -0.2) is 4.79 Å². The van der Waals surface area contributed by atoms with Crippen LogP contribution in [0, 0.1) is 17.8 Å². The van der Waals surface area contributed by atoms with E-state index in [2.05, 4.69) is 19.2 Å². The van der Waals surface area contributed by atoms with Gasteiger partial charge in [-0.05, 0) is 55.4 Å². The molecule has 0 bridgehead atoms. The number of thiophene rings is 1. The average Bonchev–Trinajstić information content (AvgIpc) is 3.37. The van der Waals surface area contributed by atoms with E-state index in [1.807, 2.05) is 22.4 Å². The molecule has 0 aromatic carbocycles. The largest absolute Gasteiger partial charge is 0.342 e. The normalized spacial score (nSPS) is 26.0. The zero-order chi connectivity index (χ0) is 22.0. The SMILES string of the molecule is CC(C)CC1(C2CCN(C(=O)C3CCCCC3)CC2)NC(=O)N(Cc2cccs2)C1=O. The average molecular weight is 446 g/mol. The third kappa shape index (κ3) is 4.52.